The second-order valence-electron chi connectivity index (χ2n) is 6.27. The molecule has 2 N–H and O–H groups in total. The van der Waals surface area contributed by atoms with E-state index in [9.17, 15) is 9.90 Å². The average molecular weight is 307 g/mol. The molecule has 1 fully saturated rings. The van der Waals surface area contributed by atoms with Crippen molar-refractivity contribution in [1.82, 2.24) is 5.32 Å². The van der Waals surface area contributed by atoms with Crippen molar-refractivity contribution in [2.24, 2.45) is 5.92 Å². The number of hydrogen-bond acceptors (Lipinski definition) is 3. The summed E-state index contributed by atoms with van der Waals surface area (Å²) in [5.41, 5.74) is 1.24. The van der Waals surface area contributed by atoms with Crippen LogP contribution in [0.3, 0.4) is 0 Å². The zero-order valence-electron chi connectivity index (χ0n) is 13.1. The fourth-order valence-corrected chi connectivity index (χ4v) is 3.68. The normalized spacial score (nSPS) is 25.6. The maximum Gasteiger partial charge on any atom is 0.252 e. The highest BCUT2D eigenvalue weighted by molar-refractivity contribution is 7.98. The summed E-state index contributed by atoms with van der Waals surface area (Å²) in [5, 5.41) is 12.9. The quantitative estimate of drug-likeness (QED) is 0.838. The summed E-state index contributed by atoms with van der Waals surface area (Å²) in [5.74, 6) is 0.483. The van der Waals surface area contributed by atoms with Gasteiger partial charge >= 0.3 is 0 Å². The Morgan fingerprint density at radius 1 is 1.52 bits per heavy atom. The predicted molar refractivity (Wildman–Crippen MR) is 87.9 cm³/mol. The van der Waals surface area contributed by atoms with Crippen LogP contribution < -0.4 is 5.32 Å². The van der Waals surface area contributed by atoms with Gasteiger partial charge in [0.25, 0.3) is 5.91 Å². The van der Waals surface area contributed by atoms with E-state index >= 15 is 0 Å². The van der Waals surface area contributed by atoms with Gasteiger partial charge in [0.05, 0.1) is 12.1 Å². The van der Waals surface area contributed by atoms with Gasteiger partial charge in [0, 0.05) is 10.5 Å². The van der Waals surface area contributed by atoms with Gasteiger partial charge in [-0.05, 0) is 49.6 Å². The maximum atomic E-state index is 12.6. The number of aryl methyl sites for hydroxylation is 1. The van der Waals surface area contributed by atoms with Gasteiger partial charge in [-0.3, -0.25) is 4.79 Å². The fourth-order valence-electron chi connectivity index (χ4n) is 3.24. The molecule has 2 atom stereocenters. The van der Waals surface area contributed by atoms with E-state index in [4.69, 9.17) is 0 Å². The molecule has 0 spiro atoms. The number of thioether (sulfide) groups is 1. The number of nitrogens with one attached hydrogen (secondary N) is 1. The van der Waals surface area contributed by atoms with Crippen LogP contribution in [0.1, 0.15) is 48.5 Å². The zero-order valence-corrected chi connectivity index (χ0v) is 13.9. The van der Waals surface area contributed by atoms with Crippen LogP contribution in [0, 0.1) is 12.8 Å². The Kier molecular flexibility index (Phi) is 5.33. The number of carbonyl (C=O) groups excluding carboxylic acids is 1. The van der Waals surface area contributed by atoms with Crippen LogP contribution in [0.15, 0.2) is 23.1 Å². The van der Waals surface area contributed by atoms with Gasteiger partial charge in [-0.2, -0.15) is 0 Å². The monoisotopic (exact) mass is 307 g/mol. The van der Waals surface area contributed by atoms with Crippen molar-refractivity contribution in [3.63, 3.8) is 0 Å². The molecule has 1 aromatic carbocycles. The number of benzene rings is 1. The number of aliphatic hydroxyl groups is 1. The van der Waals surface area contributed by atoms with Crippen LogP contribution in [0.2, 0.25) is 0 Å². The molecule has 1 aliphatic rings. The van der Waals surface area contributed by atoms with Crippen molar-refractivity contribution in [3.05, 3.63) is 29.3 Å². The van der Waals surface area contributed by atoms with Crippen molar-refractivity contribution in [2.75, 3.05) is 12.9 Å². The minimum absolute atomic E-state index is 0.0182. The Balaban J connectivity index is 2.20. The third kappa shape index (κ3) is 3.80. The van der Waals surface area contributed by atoms with Gasteiger partial charge in [0.2, 0.25) is 0 Å². The lowest BCUT2D eigenvalue weighted by molar-refractivity contribution is 0.0696. The topological polar surface area (TPSA) is 49.3 Å². The fraction of sp³-hybridized carbons (Fsp3) is 0.588. The summed E-state index contributed by atoms with van der Waals surface area (Å²) in [4.78, 5) is 13.7. The first-order valence-electron chi connectivity index (χ1n) is 7.58. The molecule has 1 amide bonds. The SMILES string of the molecule is CSc1ccc(C)c(C(=O)NC2(CO)CCCC(C)C2)c1. The smallest absolute Gasteiger partial charge is 0.252 e. The number of aliphatic hydroxyl groups excluding tert-OH is 1. The molecule has 0 heterocycles. The van der Waals surface area contributed by atoms with Crippen LogP contribution in [0.4, 0.5) is 0 Å². The molecule has 1 aliphatic carbocycles. The van der Waals surface area contributed by atoms with E-state index in [1.165, 1.54) is 6.42 Å². The highest BCUT2D eigenvalue weighted by Gasteiger charge is 2.36. The van der Waals surface area contributed by atoms with Crippen LogP contribution in [-0.4, -0.2) is 29.4 Å². The third-order valence-corrected chi connectivity index (χ3v) is 5.19. The molecule has 1 aromatic rings. The Morgan fingerprint density at radius 2 is 2.29 bits per heavy atom. The van der Waals surface area contributed by atoms with Gasteiger partial charge in [-0.15, -0.1) is 11.8 Å². The molecule has 1 saturated carbocycles. The van der Waals surface area contributed by atoms with Gasteiger partial charge in [0.15, 0.2) is 0 Å². The largest absolute Gasteiger partial charge is 0.394 e. The summed E-state index contributed by atoms with van der Waals surface area (Å²) < 4.78 is 0. The number of carbonyl (C=O) groups is 1. The standard InChI is InChI=1S/C17H25NO2S/c1-12-5-4-8-17(10-12,11-19)18-16(20)15-9-14(21-3)7-6-13(15)2/h6-7,9,12,19H,4-5,8,10-11H2,1-3H3,(H,18,20). The number of hydrogen-bond donors (Lipinski definition) is 2. The first-order valence-corrected chi connectivity index (χ1v) is 8.80. The highest BCUT2D eigenvalue weighted by Crippen LogP contribution is 2.32. The Morgan fingerprint density at radius 3 is 2.90 bits per heavy atom. The molecule has 21 heavy (non-hydrogen) atoms. The lowest BCUT2D eigenvalue weighted by atomic mass is 9.76. The molecule has 116 valence electrons. The summed E-state index contributed by atoms with van der Waals surface area (Å²) in [6.07, 6.45) is 5.96. The Bertz CT molecular complexity index is 518. The lowest BCUT2D eigenvalue weighted by Gasteiger charge is -2.39. The highest BCUT2D eigenvalue weighted by atomic mass is 32.2. The van der Waals surface area contributed by atoms with E-state index in [1.807, 2.05) is 31.4 Å². The van der Waals surface area contributed by atoms with E-state index < -0.39 is 5.54 Å². The third-order valence-electron chi connectivity index (χ3n) is 4.46. The second kappa shape index (κ2) is 6.84. The van der Waals surface area contributed by atoms with Crippen molar-refractivity contribution >= 4 is 17.7 Å². The number of rotatable bonds is 4. The molecule has 3 nitrogen and oxygen atoms in total. The molecule has 0 bridgehead atoms. The van der Waals surface area contributed by atoms with Crippen molar-refractivity contribution in [3.8, 4) is 0 Å². The number of amides is 1. The van der Waals surface area contributed by atoms with Gasteiger partial charge in [-0.1, -0.05) is 25.8 Å². The molecular formula is C17H25NO2S. The average Bonchev–Trinajstić information content (AvgIpc) is 2.47. The van der Waals surface area contributed by atoms with Crippen LogP contribution in [0.25, 0.3) is 0 Å². The van der Waals surface area contributed by atoms with Crippen LogP contribution >= 0.6 is 11.8 Å². The van der Waals surface area contributed by atoms with Crippen molar-refractivity contribution < 1.29 is 9.90 Å². The van der Waals surface area contributed by atoms with E-state index in [1.54, 1.807) is 11.8 Å². The molecule has 0 aromatic heterocycles. The van der Waals surface area contributed by atoms with Crippen molar-refractivity contribution in [1.29, 1.82) is 0 Å². The van der Waals surface area contributed by atoms with Gasteiger partial charge in [0.1, 0.15) is 0 Å². The van der Waals surface area contributed by atoms with E-state index in [2.05, 4.69) is 12.2 Å². The predicted octanol–water partition coefficient (Wildman–Crippen LogP) is 3.39. The van der Waals surface area contributed by atoms with E-state index in [0.29, 0.717) is 11.5 Å². The van der Waals surface area contributed by atoms with Crippen LogP contribution in [-0.2, 0) is 0 Å². The molecule has 0 radical (unpaired) electrons. The molecule has 0 saturated heterocycles. The zero-order chi connectivity index (χ0) is 15.5. The first kappa shape index (κ1) is 16.4. The summed E-state index contributed by atoms with van der Waals surface area (Å²) in [6, 6.07) is 5.95. The molecular weight excluding hydrogens is 282 g/mol. The van der Waals surface area contributed by atoms with Crippen molar-refractivity contribution in [2.45, 2.75) is 50.0 Å². The van der Waals surface area contributed by atoms with Gasteiger partial charge in [-0.25, -0.2) is 0 Å². The minimum Gasteiger partial charge on any atom is -0.394 e. The van der Waals surface area contributed by atoms with Gasteiger partial charge < -0.3 is 10.4 Å². The summed E-state index contributed by atoms with van der Waals surface area (Å²) in [6.45, 7) is 4.16. The first-order chi connectivity index (χ1) is 9.99. The summed E-state index contributed by atoms with van der Waals surface area (Å²) >= 11 is 1.63. The molecule has 0 aliphatic heterocycles. The Hall–Kier alpha value is -1.00. The summed E-state index contributed by atoms with van der Waals surface area (Å²) in [7, 11) is 0. The lowest BCUT2D eigenvalue weighted by Crippen LogP contribution is -2.54. The van der Waals surface area contributed by atoms with E-state index in [-0.39, 0.29) is 12.5 Å². The second-order valence-corrected chi connectivity index (χ2v) is 7.15. The molecule has 4 heteroatoms. The van der Waals surface area contributed by atoms with Crippen LogP contribution in [0.5, 0.6) is 0 Å². The van der Waals surface area contributed by atoms with E-state index in [0.717, 1.165) is 29.7 Å². The maximum absolute atomic E-state index is 12.6. The Labute approximate surface area is 131 Å². The molecule has 2 unspecified atom stereocenters. The minimum atomic E-state index is -0.448. The molecule has 2 rings (SSSR count).